The zero-order valence-electron chi connectivity index (χ0n) is 14.0. The molecule has 27 heavy (non-hydrogen) atoms. The number of carbonyl (C=O) groups excluding carboxylic acids is 1. The number of nitrogens with zero attached hydrogens (tertiary/aromatic N) is 3. The van der Waals surface area contributed by atoms with Gasteiger partial charge < -0.3 is 11.2 Å². The second-order valence-electron chi connectivity index (χ2n) is 5.60. The van der Waals surface area contributed by atoms with E-state index in [0.717, 1.165) is 11.8 Å². The number of benzene rings is 2. The molecule has 1 amide bonds. The van der Waals surface area contributed by atoms with Crippen molar-refractivity contribution in [2.24, 2.45) is 0 Å². The topological polar surface area (TPSA) is 85.8 Å². The second-order valence-corrected chi connectivity index (χ2v) is 7.39. The summed E-state index contributed by atoms with van der Waals surface area (Å²) in [5.74, 6) is 5.69. The van der Waals surface area contributed by atoms with Gasteiger partial charge in [-0.25, -0.2) is 9.07 Å². The van der Waals surface area contributed by atoms with Crippen molar-refractivity contribution in [2.75, 3.05) is 16.9 Å². The summed E-state index contributed by atoms with van der Waals surface area (Å²) in [6.45, 7) is 1.65. The normalized spacial score (nSPS) is 10.8. The quantitative estimate of drug-likeness (QED) is 0.473. The van der Waals surface area contributed by atoms with Crippen molar-refractivity contribution >= 4 is 46.6 Å². The molecule has 0 unspecified atom stereocenters. The lowest BCUT2D eigenvalue weighted by atomic mass is 10.2. The lowest BCUT2D eigenvalue weighted by molar-refractivity contribution is -0.113. The molecule has 1 aromatic heterocycles. The van der Waals surface area contributed by atoms with E-state index in [4.69, 9.17) is 29.0 Å². The summed E-state index contributed by atoms with van der Waals surface area (Å²) in [5, 5.41) is 11.8. The number of aromatic nitrogens is 3. The largest absolute Gasteiger partial charge is 0.335 e. The van der Waals surface area contributed by atoms with Gasteiger partial charge in [-0.05, 0) is 42.8 Å². The van der Waals surface area contributed by atoms with Crippen LogP contribution < -0.4 is 11.2 Å². The van der Waals surface area contributed by atoms with E-state index < -0.39 is 0 Å². The summed E-state index contributed by atoms with van der Waals surface area (Å²) in [6, 6.07) is 9.42. The minimum Gasteiger partial charge on any atom is -0.335 e. The average Bonchev–Trinajstić information content (AvgIpc) is 2.97. The molecule has 10 heteroatoms. The zero-order valence-corrected chi connectivity index (χ0v) is 16.4. The molecule has 0 atom stereocenters. The van der Waals surface area contributed by atoms with Crippen molar-refractivity contribution in [1.29, 1.82) is 0 Å². The number of hydrogen-bond acceptors (Lipinski definition) is 5. The van der Waals surface area contributed by atoms with Gasteiger partial charge in [-0.3, -0.25) is 4.79 Å². The molecule has 0 radical (unpaired) electrons. The Morgan fingerprint density at radius 2 is 2.04 bits per heavy atom. The van der Waals surface area contributed by atoms with E-state index in [0.29, 0.717) is 37.8 Å². The molecule has 0 saturated carbocycles. The van der Waals surface area contributed by atoms with E-state index in [1.54, 1.807) is 37.3 Å². The Morgan fingerprint density at radius 3 is 2.74 bits per heavy atom. The maximum absolute atomic E-state index is 13.5. The van der Waals surface area contributed by atoms with Crippen molar-refractivity contribution in [3.63, 3.8) is 0 Å². The number of hydrogen-bond donors (Lipinski definition) is 2. The van der Waals surface area contributed by atoms with Crippen LogP contribution in [0.1, 0.15) is 5.56 Å². The molecule has 0 bridgehead atoms. The van der Waals surface area contributed by atoms with Crippen molar-refractivity contribution in [3.05, 3.63) is 57.8 Å². The molecule has 3 rings (SSSR count). The first kappa shape index (κ1) is 19.5. The van der Waals surface area contributed by atoms with E-state index in [2.05, 4.69) is 15.5 Å². The molecule has 0 aliphatic heterocycles. The fraction of sp³-hybridized carbons (Fsp3) is 0.118. The number of nitrogen functional groups attached to an aromatic ring is 1. The highest BCUT2D eigenvalue weighted by Gasteiger charge is 2.16. The number of amides is 1. The Labute approximate surface area is 168 Å². The third-order valence-electron chi connectivity index (χ3n) is 3.62. The van der Waals surface area contributed by atoms with Crippen LogP contribution in [0.15, 0.2) is 41.6 Å². The lowest BCUT2D eigenvalue weighted by Crippen LogP contribution is -2.16. The summed E-state index contributed by atoms with van der Waals surface area (Å²) < 4.78 is 14.8. The van der Waals surface area contributed by atoms with E-state index in [9.17, 15) is 9.18 Å². The third kappa shape index (κ3) is 4.52. The van der Waals surface area contributed by atoms with Gasteiger partial charge in [0.05, 0.1) is 10.8 Å². The molecule has 140 valence electrons. The molecule has 2 aromatic carbocycles. The Balaban J connectivity index is 1.67. The van der Waals surface area contributed by atoms with Crippen LogP contribution in [-0.2, 0) is 4.79 Å². The highest BCUT2D eigenvalue weighted by atomic mass is 35.5. The summed E-state index contributed by atoms with van der Waals surface area (Å²) in [6.07, 6.45) is 0. The summed E-state index contributed by atoms with van der Waals surface area (Å²) in [5.41, 5.74) is 1.46. The minimum atomic E-state index is -0.383. The van der Waals surface area contributed by atoms with Gasteiger partial charge >= 0.3 is 0 Å². The maximum atomic E-state index is 13.5. The first-order valence-electron chi connectivity index (χ1n) is 7.70. The molecule has 0 saturated heterocycles. The number of carbonyl (C=O) groups is 1. The van der Waals surface area contributed by atoms with Gasteiger partial charge in [-0.2, -0.15) is 0 Å². The Hall–Kier alpha value is -2.29. The van der Waals surface area contributed by atoms with Crippen LogP contribution in [0.2, 0.25) is 10.0 Å². The van der Waals surface area contributed by atoms with Gasteiger partial charge in [0, 0.05) is 16.3 Å². The number of aryl methyl sites for hydroxylation is 1. The van der Waals surface area contributed by atoms with E-state index in [1.165, 1.54) is 10.7 Å². The van der Waals surface area contributed by atoms with Crippen LogP contribution in [0, 0.1) is 12.7 Å². The van der Waals surface area contributed by atoms with Crippen molar-refractivity contribution < 1.29 is 9.18 Å². The predicted octanol–water partition coefficient (Wildman–Crippen LogP) is 4.14. The third-order valence-corrected chi connectivity index (χ3v) is 5.12. The smallest absolute Gasteiger partial charge is 0.234 e. The predicted molar refractivity (Wildman–Crippen MR) is 106 cm³/mol. The number of thioether (sulfide) groups is 1. The van der Waals surface area contributed by atoms with Crippen molar-refractivity contribution in [1.82, 2.24) is 14.9 Å². The molecule has 0 aliphatic carbocycles. The van der Waals surface area contributed by atoms with Crippen molar-refractivity contribution in [3.8, 4) is 11.4 Å². The number of nitrogens with one attached hydrogen (secondary N) is 1. The van der Waals surface area contributed by atoms with Gasteiger partial charge in [-0.15, -0.1) is 10.2 Å². The molecule has 0 spiro atoms. The SMILES string of the molecule is Cc1ccc(NC(=O)CSc2nnc(-c3ccc(Cl)cc3Cl)n2N)cc1F. The average molecular weight is 426 g/mol. The number of rotatable bonds is 5. The summed E-state index contributed by atoms with van der Waals surface area (Å²) >= 11 is 13.1. The molecule has 0 aliphatic rings. The van der Waals surface area contributed by atoms with E-state index in [-0.39, 0.29) is 17.5 Å². The number of halogens is 3. The molecule has 1 heterocycles. The Bertz CT molecular complexity index is 1010. The first-order valence-corrected chi connectivity index (χ1v) is 9.44. The first-order chi connectivity index (χ1) is 12.8. The monoisotopic (exact) mass is 425 g/mol. The summed E-state index contributed by atoms with van der Waals surface area (Å²) in [4.78, 5) is 12.1. The minimum absolute atomic E-state index is 0.0270. The van der Waals surface area contributed by atoms with Gasteiger partial charge in [-0.1, -0.05) is 41.0 Å². The Kier molecular flexibility index (Phi) is 5.88. The fourth-order valence-electron chi connectivity index (χ4n) is 2.23. The van der Waals surface area contributed by atoms with E-state index in [1.807, 2.05) is 0 Å². The molecule has 3 aromatic rings. The van der Waals surface area contributed by atoms with Crippen LogP contribution in [0.3, 0.4) is 0 Å². The van der Waals surface area contributed by atoms with Gasteiger partial charge in [0.1, 0.15) is 5.82 Å². The number of anilines is 1. The van der Waals surface area contributed by atoms with Crippen LogP contribution in [0.4, 0.5) is 10.1 Å². The molecule has 6 nitrogen and oxygen atoms in total. The number of nitrogens with two attached hydrogens (primary N) is 1. The molecular formula is C17H14Cl2FN5OS. The van der Waals surface area contributed by atoms with Crippen LogP contribution in [0.5, 0.6) is 0 Å². The second kappa shape index (κ2) is 8.16. The van der Waals surface area contributed by atoms with Gasteiger partial charge in [0.15, 0.2) is 5.82 Å². The highest BCUT2D eigenvalue weighted by molar-refractivity contribution is 7.99. The molecule has 3 N–H and O–H groups in total. The highest BCUT2D eigenvalue weighted by Crippen LogP contribution is 2.30. The van der Waals surface area contributed by atoms with Crippen LogP contribution >= 0.6 is 35.0 Å². The lowest BCUT2D eigenvalue weighted by Gasteiger charge is -2.07. The standard InChI is InChI=1S/C17H14Cl2FN5OS/c1-9-2-4-11(7-14(9)20)22-15(26)8-27-17-24-23-16(25(17)21)12-5-3-10(18)6-13(12)19/h2-7H,8,21H2,1H3,(H,22,26). The fourth-order valence-corrected chi connectivity index (χ4v) is 3.38. The van der Waals surface area contributed by atoms with E-state index >= 15 is 0 Å². The maximum Gasteiger partial charge on any atom is 0.234 e. The summed E-state index contributed by atoms with van der Waals surface area (Å²) in [7, 11) is 0. The van der Waals surface area contributed by atoms with Crippen molar-refractivity contribution in [2.45, 2.75) is 12.1 Å². The zero-order chi connectivity index (χ0) is 19.6. The van der Waals surface area contributed by atoms with Gasteiger partial charge in [0.25, 0.3) is 0 Å². The van der Waals surface area contributed by atoms with Gasteiger partial charge in [0.2, 0.25) is 11.1 Å². The van der Waals surface area contributed by atoms with Crippen LogP contribution in [0.25, 0.3) is 11.4 Å². The Morgan fingerprint density at radius 1 is 1.26 bits per heavy atom. The molecule has 0 fully saturated rings. The molecular weight excluding hydrogens is 412 g/mol. The van der Waals surface area contributed by atoms with Crippen LogP contribution in [-0.4, -0.2) is 26.5 Å².